The van der Waals surface area contributed by atoms with Crippen LogP contribution in [0.4, 0.5) is 5.69 Å². The van der Waals surface area contributed by atoms with Crippen molar-refractivity contribution in [2.75, 3.05) is 12.4 Å². The molecule has 0 radical (unpaired) electrons. The summed E-state index contributed by atoms with van der Waals surface area (Å²) in [5.74, 6) is 0.804. The van der Waals surface area contributed by atoms with E-state index >= 15 is 0 Å². The van der Waals surface area contributed by atoms with Crippen molar-refractivity contribution in [1.82, 2.24) is 0 Å². The van der Waals surface area contributed by atoms with Gasteiger partial charge in [0, 0.05) is 16.7 Å². The first-order chi connectivity index (χ1) is 9.63. The number of nitriles is 1. The topological polar surface area (TPSA) is 45.0 Å². The second-order valence-corrected chi connectivity index (χ2v) is 5.38. The maximum atomic E-state index is 8.95. The van der Waals surface area contributed by atoms with Crippen molar-refractivity contribution in [3.05, 3.63) is 57.0 Å². The maximum absolute atomic E-state index is 8.95. The molecule has 0 amide bonds. The highest BCUT2D eigenvalue weighted by Crippen LogP contribution is 2.24. The van der Waals surface area contributed by atoms with Crippen LogP contribution in [0.25, 0.3) is 0 Å². The van der Waals surface area contributed by atoms with E-state index in [-0.39, 0.29) is 0 Å². The van der Waals surface area contributed by atoms with Crippen molar-refractivity contribution >= 4 is 33.2 Å². The highest BCUT2D eigenvalue weighted by molar-refractivity contribution is 9.10. The molecule has 0 atom stereocenters. The van der Waals surface area contributed by atoms with E-state index in [9.17, 15) is 0 Å². The van der Waals surface area contributed by atoms with Crippen LogP contribution >= 0.6 is 27.5 Å². The zero-order valence-electron chi connectivity index (χ0n) is 10.8. The lowest BCUT2D eigenvalue weighted by Gasteiger charge is -2.10. The Morgan fingerprint density at radius 1 is 1.30 bits per heavy atom. The number of nitrogens with zero attached hydrogens (tertiary/aromatic N) is 1. The third-order valence-electron chi connectivity index (χ3n) is 2.82. The smallest absolute Gasteiger partial charge is 0.119 e. The molecule has 0 aliphatic heterocycles. The summed E-state index contributed by atoms with van der Waals surface area (Å²) in [4.78, 5) is 0. The monoisotopic (exact) mass is 350 g/mol. The summed E-state index contributed by atoms with van der Waals surface area (Å²) in [6.45, 7) is 0.615. The van der Waals surface area contributed by atoms with Crippen LogP contribution in [0.15, 0.2) is 40.9 Å². The number of ether oxygens (including phenoxy) is 1. The lowest BCUT2D eigenvalue weighted by molar-refractivity contribution is 0.414. The normalized spacial score (nSPS) is 9.90. The Kier molecular flexibility index (Phi) is 4.89. The highest BCUT2D eigenvalue weighted by atomic mass is 79.9. The van der Waals surface area contributed by atoms with Crippen LogP contribution in [0.1, 0.15) is 11.1 Å². The summed E-state index contributed by atoms with van der Waals surface area (Å²) in [6, 6.07) is 13.1. The zero-order chi connectivity index (χ0) is 14.5. The van der Waals surface area contributed by atoms with Crippen LogP contribution < -0.4 is 10.1 Å². The van der Waals surface area contributed by atoms with Crippen molar-refractivity contribution < 1.29 is 4.74 Å². The second kappa shape index (κ2) is 6.65. The molecule has 2 aromatic rings. The molecule has 0 bridgehead atoms. The number of hydrogen-bond donors (Lipinski definition) is 1. The summed E-state index contributed by atoms with van der Waals surface area (Å²) < 4.78 is 6.21. The van der Waals surface area contributed by atoms with E-state index in [1.165, 1.54) is 0 Å². The number of hydrogen-bond acceptors (Lipinski definition) is 3. The van der Waals surface area contributed by atoms with E-state index in [0.29, 0.717) is 17.1 Å². The summed E-state index contributed by atoms with van der Waals surface area (Å²) in [5, 5.41) is 12.7. The number of nitrogens with one attached hydrogen (secondary N) is 1. The van der Waals surface area contributed by atoms with Crippen molar-refractivity contribution in [2.24, 2.45) is 0 Å². The Bertz CT molecular complexity index is 667. The summed E-state index contributed by atoms with van der Waals surface area (Å²) in [5.41, 5.74) is 2.37. The SMILES string of the molecule is COc1ccc(Br)c(CNc2ccc(Cl)c(C#N)c2)c1. The number of anilines is 1. The molecular formula is C15H12BrClN2O. The summed E-state index contributed by atoms with van der Waals surface area (Å²) in [6.07, 6.45) is 0. The minimum Gasteiger partial charge on any atom is -0.497 e. The van der Waals surface area contributed by atoms with Gasteiger partial charge in [0.05, 0.1) is 17.7 Å². The van der Waals surface area contributed by atoms with Crippen molar-refractivity contribution in [1.29, 1.82) is 5.26 Å². The lowest BCUT2D eigenvalue weighted by atomic mass is 10.2. The van der Waals surface area contributed by atoms with E-state index < -0.39 is 0 Å². The highest BCUT2D eigenvalue weighted by Gasteiger charge is 2.04. The molecule has 0 spiro atoms. The van der Waals surface area contributed by atoms with E-state index in [0.717, 1.165) is 21.5 Å². The molecule has 3 nitrogen and oxygen atoms in total. The van der Waals surface area contributed by atoms with Gasteiger partial charge in [-0.05, 0) is 42.0 Å². The Labute approximate surface area is 131 Å². The fourth-order valence-electron chi connectivity index (χ4n) is 1.73. The molecule has 0 fully saturated rings. The molecule has 0 aromatic heterocycles. The summed E-state index contributed by atoms with van der Waals surface area (Å²) in [7, 11) is 1.64. The van der Waals surface area contributed by atoms with Crippen LogP contribution in [-0.4, -0.2) is 7.11 Å². The van der Waals surface area contributed by atoms with Gasteiger partial charge in [0.2, 0.25) is 0 Å². The molecule has 2 rings (SSSR count). The molecular weight excluding hydrogens is 340 g/mol. The van der Waals surface area contributed by atoms with Crippen molar-refractivity contribution in [3.8, 4) is 11.8 Å². The Balaban J connectivity index is 2.15. The molecule has 1 N–H and O–H groups in total. The first kappa shape index (κ1) is 14.7. The summed E-state index contributed by atoms with van der Waals surface area (Å²) >= 11 is 9.41. The lowest BCUT2D eigenvalue weighted by Crippen LogP contribution is -2.01. The van der Waals surface area contributed by atoms with Crippen LogP contribution in [-0.2, 0) is 6.54 Å². The standard InChI is InChI=1S/C15H12BrClN2O/c1-20-13-3-4-14(16)11(7-13)9-19-12-2-5-15(17)10(6-12)8-18/h2-7,19H,9H2,1H3. The van der Waals surface area contributed by atoms with Crippen molar-refractivity contribution in [3.63, 3.8) is 0 Å². The van der Waals surface area contributed by atoms with Crippen LogP contribution in [0.2, 0.25) is 5.02 Å². The number of rotatable bonds is 4. The van der Waals surface area contributed by atoms with Gasteiger partial charge in [-0.2, -0.15) is 5.26 Å². The number of benzene rings is 2. The first-order valence-corrected chi connectivity index (χ1v) is 7.07. The van der Waals surface area contributed by atoms with Gasteiger partial charge >= 0.3 is 0 Å². The van der Waals surface area contributed by atoms with Gasteiger partial charge in [-0.3, -0.25) is 0 Å². The Hall–Kier alpha value is -1.70. The first-order valence-electron chi connectivity index (χ1n) is 5.90. The second-order valence-electron chi connectivity index (χ2n) is 4.12. The molecule has 20 heavy (non-hydrogen) atoms. The van der Waals surface area contributed by atoms with E-state index in [2.05, 4.69) is 27.3 Å². The third kappa shape index (κ3) is 3.44. The van der Waals surface area contributed by atoms with Gasteiger partial charge in [0.15, 0.2) is 0 Å². The molecule has 5 heteroatoms. The number of halogens is 2. The Morgan fingerprint density at radius 2 is 2.10 bits per heavy atom. The third-order valence-corrected chi connectivity index (χ3v) is 3.93. The molecule has 0 aliphatic rings. The van der Waals surface area contributed by atoms with Gasteiger partial charge in [0.1, 0.15) is 11.8 Å². The minimum atomic E-state index is 0.459. The van der Waals surface area contributed by atoms with Crippen molar-refractivity contribution in [2.45, 2.75) is 6.54 Å². The maximum Gasteiger partial charge on any atom is 0.119 e. The fourth-order valence-corrected chi connectivity index (χ4v) is 2.28. The average molecular weight is 352 g/mol. The van der Waals surface area contributed by atoms with Gasteiger partial charge in [-0.15, -0.1) is 0 Å². The fraction of sp³-hybridized carbons (Fsp3) is 0.133. The Morgan fingerprint density at radius 3 is 2.80 bits per heavy atom. The molecule has 0 saturated carbocycles. The van der Waals surface area contributed by atoms with Crippen LogP contribution in [0.3, 0.4) is 0 Å². The van der Waals surface area contributed by atoms with E-state index in [4.69, 9.17) is 21.6 Å². The van der Waals surface area contributed by atoms with Crippen LogP contribution in [0.5, 0.6) is 5.75 Å². The predicted molar refractivity (Wildman–Crippen MR) is 84.2 cm³/mol. The van der Waals surface area contributed by atoms with Crippen LogP contribution in [0, 0.1) is 11.3 Å². The van der Waals surface area contributed by atoms with Gasteiger partial charge in [-0.1, -0.05) is 27.5 Å². The molecule has 0 unspecified atom stereocenters. The average Bonchev–Trinajstić information content (AvgIpc) is 2.47. The largest absolute Gasteiger partial charge is 0.497 e. The molecule has 0 heterocycles. The molecule has 102 valence electrons. The molecule has 0 saturated heterocycles. The molecule has 2 aromatic carbocycles. The minimum absolute atomic E-state index is 0.459. The van der Waals surface area contributed by atoms with Gasteiger partial charge < -0.3 is 10.1 Å². The van der Waals surface area contributed by atoms with Gasteiger partial charge in [0.25, 0.3) is 0 Å². The number of methoxy groups -OCH3 is 1. The van der Waals surface area contributed by atoms with E-state index in [1.54, 1.807) is 19.2 Å². The van der Waals surface area contributed by atoms with Gasteiger partial charge in [-0.25, -0.2) is 0 Å². The zero-order valence-corrected chi connectivity index (χ0v) is 13.1. The quantitative estimate of drug-likeness (QED) is 0.876. The predicted octanol–water partition coefficient (Wildman–Crippen LogP) is 4.59. The van der Waals surface area contributed by atoms with E-state index in [1.807, 2.05) is 24.3 Å². The molecule has 0 aliphatic carbocycles.